The highest BCUT2D eigenvalue weighted by atomic mass is 35.5. The molecule has 0 fully saturated rings. The van der Waals surface area contributed by atoms with Crippen molar-refractivity contribution in [2.45, 2.75) is 30.7 Å². The van der Waals surface area contributed by atoms with Crippen molar-refractivity contribution in [1.29, 1.82) is 0 Å². The monoisotopic (exact) mass is 307 g/mol. The molecule has 1 aromatic heterocycles. The summed E-state index contributed by atoms with van der Waals surface area (Å²) in [6.07, 6.45) is 0. The molecule has 2 aromatic rings. The Labute approximate surface area is 127 Å². The van der Waals surface area contributed by atoms with Gasteiger partial charge in [-0.3, -0.25) is 4.79 Å². The summed E-state index contributed by atoms with van der Waals surface area (Å²) in [5.74, 6) is 0.567. The Hall–Kier alpha value is -1.59. The summed E-state index contributed by atoms with van der Waals surface area (Å²) >= 11 is 7.58. The van der Waals surface area contributed by atoms with Crippen LogP contribution in [0.1, 0.15) is 18.3 Å². The highest BCUT2D eigenvalue weighted by Crippen LogP contribution is 2.31. The van der Waals surface area contributed by atoms with E-state index in [1.165, 1.54) is 18.7 Å². The van der Waals surface area contributed by atoms with Crippen molar-refractivity contribution >= 4 is 35.0 Å². The molecule has 1 aromatic carbocycles. The average molecular weight is 308 g/mol. The second kappa shape index (κ2) is 6.24. The van der Waals surface area contributed by atoms with Crippen molar-refractivity contribution in [3.63, 3.8) is 0 Å². The molecule has 6 heteroatoms. The molecule has 0 bridgehead atoms. The van der Waals surface area contributed by atoms with E-state index in [2.05, 4.69) is 15.3 Å². The van der Waals surface area contributed by atoms with Crippen molar-refractivity contribution in [3.05, 3.63) is 40.8 Å². The lowest BCUT2D eigenvalue weighted by molar-refractivity contribution is -0.114. The molecule has 0 radical (unpaired) electrons. The number of hydrogen-bond donors (Lipinski definition) is 1. The Balaban J connectivity index is 2.20. The van der Waals surface area contributed by atoms with E-state index in [9.17, 15) is 4.79 Å². The Morgan fingerprint density at radius 1 is 1.20 bits per heavy atom. The number of nitrogens with zero attached hydrogens (tertiary/aromatic N) is 2. The third kappa shape index (κ3) is 3.71. The van der Waals surface area contributed by atoms with Crippen LogP contribution in [0.15, 0.2) is 34.2 Å². The first-order chi connectivity index (χ1) is 9.45. The van der Waals surface area contributed by atoms with Crippen molar-refractivity contribution in [3.8, 4) is 0 Å². The van der Waals surface area contributed by atoms with E-state index in [0.717, 1.165) is 21.2 Å². The van der Waals surface area contributed by atoms with Gasteiger partial charge in [0.05, 0.1) is 0 Å². The quantitative estimate of drug-likeness (QED) is 0.875. The number of aromatic nitrogens is 2. The third-order valence-corrected chi connectivity index (χ3v) is 4.01. The van der Waals surface area contributed by atoms with Crippen LogP contribution in [-0.4, -0.2) is 15.9 Å². The third-order valence-electron chi connectivity index (χ3n) is 2.54. The summed E-state index contributed by atoms with van der Waals surface area (Å²) in [5.41, 5.74) is 1.64. The molecule has 1 heterocycles. The van der Waals surface area contributed by atoms with Gasteiger partial charge in [-0.2, -0.15) is 0 Å². The number of benzene rings is 1. The maximum Gasteiger partial charge on any atom is 0.221 e. The van der Waals surface area contributed by atoms with Gasteiger partial charge in [0.15, 0.2) is 0 Å². The van der Waals surface area contributed by atoms with Gasteiger partial charge < -0.3 is 5.32 Å². The van der Waals surface area contributed by atoms with Gasteiger partial charge in [-0.25, -0.2) is 9.97 Å². The predicted molar refractivity (Wildman–Crippen MR) is 81.4 cm³/mol. The number of halogens is 1. The summed E-state index contributed by atoms with van der Waals surface area (Å²) < 4.78 is 0. The summed E-state index contributed by atoms with van der Waals surface area (Å²) in [6, 6.07) is 7.57. The molecular weight excluding hydrogens is 294 g/mol. The number of amides is 1. The lowest BCUT2D eigenvalue weighted by Gasteiger charge is -2.08. The van der Waals surface area contributed by atoms with Crippen LogP contribution in [0.4, 0.5) is 5.69 Å². The van der Waals surface area contributed by atoms with Crippen molar-refractivity contribution in [2.75, 3.05) is 5.32 Å². The van der Waals surface area contributed by atoms with Crippen molar-refractivity contribution in [1.82, 2.24) is 9.97 Å². The Morgan fingerprint density at radius 3 is 2.45 bits per heavy atom. The molecule has 0 aliphatic heterocycles. The first-order valence-corrected chi connectivity index (χ1v) is 7.21. The van der Waals surface area contributed by atoms with Gasteiger partial charge in [0.25, 0.3) is 0 Å². The zero-order chi connectivity index (χ0) is 14.7. The van der Waals surface area contributed by atoms with Gasteiger partial charge in [0.2, 0.25) is 5.91 Å². The lowest BCUT2D eigenvalue weighted by Crippen LogP contribution is -2.05. The highest BCUT2D eigenvalue weighted by Gasteiger charge is 2.09. The van der Waals surface area contributed by atoms with Crippen LogP contribution in [0, 0.1) is 13.8 Å². The predicted octanol–water partition coefficient (Wildman–Crippen LogP) is 3.86. The number of anilines is 1. The van der Waals surface area contributed by atoms with Crippen LogP contribution < -0.4 is 5.32 Å². The molecule has 4 nitrogen and oxygen atoms in total. The van der Waals surface area contributed by atoms with E-state index >= 15 is 0 Å². The van der Waals surface area contributed by atoms with Crippen LogP contribution in [0.3, 0.4) is 0 Å². The Bertz CT molecular complexity index is 644. The highest BCUT2D eigenvalue weighted by molar-refractivity contribution is 7.99. The molecule has 0 saturated carbocycles. The minimum Gasteiger partial charge on any atom is -0.326 e. The average Bonchev–Trinajstić information content (AvgIpc) is 2.37. The summed E-state index contributed by atoms with van der Waals surface area (Å²) in [6.45, 7) is 5.20. The topological polar surface area (TPSA) is 54.9 Å². The summed E-state index contributed by atoms with van der Waals surface area (Å²) in [5, 5.41) is 4.05. The molecule has 0 aliphatic rings. The Morgan fingerprint density at radius 2 is 1.85 bits per heavy atom. The first-order valence-electron chi connectivity index (χ1n) is 6.02. The van der Waals surface area contributed by atoms with Crippen LogP contribution in [0.5, 0.6) is 0 Å². The lowest BCUT2D eigenvalue weighted by atomic mass is 10.3. The fraction of sp³-hybridized carbons (Fsp3) is 0.214. The molecule has 0 spiro atoms. The second-order valence-corrected chi connectivity index (χ2v) is 5.72. The fourth-order valence-electron chi connectivity index (χ4n) is 1.59. The number of carbonyl (C=O) groups excluding carboxylic acids is 1. The van der Waals surface area contributed by atoms with Crippen molar-refractivity contribution in [2.24, 2.45) is 0 Å². The van der Waals surface area contributed by atoms with E-state index in [0.29, 0.717) is 11.0 Å². The number of nitrogens with one attached hydrogen (secondary N) is 1. The smallest absolute Gasteiger partial charge is 0.221 e. The molecule has 104 valence electrons. The minimum absolute atomic E-state index is 0.0838. The normalized spacial score (nSPS) is 10.4. The van der Waals surface area contributed by atoms with Gasteiger partial charge in [0, 0.05) is 23.1 Å². The molecule has 0 saturated heterocycles. The van der Waals surface area contributed by atoms with E-state index in [1.54, 1.807) is 0 Å². The molecule has 2 rings (SSSR count). The standard InChI is InChI=1S/C14H14ClN3OS/c1-8-13(15)16-9(2)17-14(8)20-12-6-4-11(5-7-12)18-10(3)19/h4-7H,1-3H3,(H,18,19). The van der Waals surface area contributed by atoms with Crippen LogP contribution >= 0.6 is 23.4 Å². The number of rotatable bonds is 3. The molecule has 20 heavy (non-hydrogen) atoms. The number of carbonyl (C=O) groups is 1. The van der Waals surface area contributed by atoms with Crippen molar-refractivity contribution < 1.29 is 4.79 Å². The van der Waals surface area contributed by atoms with Gasteiger partial charge >= 0.3 is 0 Å². The van der Waals surface area contributed by atoms with E-state index < -0.39 is 0 Å². The van der Waals surface area contributed by atoms with Gasteiger partial charge in [-0.1, -0.05) is 23.4 Å². The minimum atomic E-state index is -0.0838. The Kier molecular flexibility index (Phi) is 4.62. The molecule has 0 aliphatic carbocycles. The number of aryl methyl sites for hydroxylation is 1. The van der Waals surface area contributed by atoms with E-state index in [-0.39, 0.29) is 5.91 Å². The van der Waals surface area contributed by atoms with Crippen LogP contribution in [0.25, 0.3) is 0 Å². The zero-order valence-corrected chi connectivity index (χ0v) is 13.0. The van der Waals surface area contributed by atoms with Gasteiger partial charge in [0.1, 0.15) is 16.0 Å². The maximum absolute atomic E-state index is 11.0. The largest absolute Gasteiger partial charge is 0.326 e. The SMILES string of the molecule is CC(=O)Nc1ccc(Sc2nc(C)nc(Cl)c2C)cc1. The van der Waals surface area contributed by atoms with E-state index in [1.807, 2.05) is 38.1 Å². The maximum atomic E-state index is 11.0. The molecule has 0 unspecified atom stereocenters. The van der Waals surface area contributed by atoms with Gasteiger partial charge in [-0.15, -0.1) is 0 Å². The fourth-order valence-corrected chi connectivity index (χ4v) is 2.78. The first kappa shape index (κ1) is 14.8. The van der Waals surface area contributed by atoms with Crippen LogP contribution in [-0.2, 0) is 4.79 Å². The number of hydrogen-bond acceptors (Lipinski definition) is 4. The summed E-state index contributed by atoms with van der Waals surface area (Å²) in [4.78, 5) is 20.5. The molecular formula is C14H14ClN3OS. The zero-order valence-electron chi connectivity index (χ0n) is 11.4. The second-order valence-electron chi connectivity index (χ2n) is 4.30. The molecule has 1 N–H and O–H groups in total. The van der Waals surface area contributed by atoms with Gasteiger partial charge in [-0.05, 0) is 38.1 Å². The van der Waals surface area contributed by atoms with Crippen LogP contribution in [0.2, 0.25) is 5.15 Å². The molecule has 0 atom stereocenters. The van der Waals surface area contributed by atoms with E-state index in [4.69, 9.17) is 11.6 Å². The molecule has 1 amide bonds. The summed E-state index contributed by atoms with van der Waals surface area (Å²) in [7, 11) is 0.